The number of aliphatic hydroxyl groups is 1. The first-order valence-electron chi connectivity index (χ1n) is 8.49. The molecule has 3 rings (SSSR count). The topological polar surface area (TPSA) is 72.6 Å². The molecule has 1 aromatic rings. The molecule has 1 atom stereocenters. The second-order valence-corrected chi connectivity index (χ2v) is 6.53. The van der Waals surface area contributed by atoms with Crippen LogP contribution in [0, 0.1) is 0 Å². The maximum atomic E-state index is 13.8. The molecule has 0 fully saturated rings. The zero-order valence-electron chi connectivity index (χ0n) is 14.1. The number of unbranched alkanes of at least 4 members (excludes halogenated alkanes) is 1. The number of fused-ring (bicyclic) bond motifs is 2. The van der Waals surface area contributed by atoms with Gasteiger partial charge in [-0.25, -0.2) is 0 Å². The van der Waals surface area contributed by atoms with Crippen LogP contribution in [0.3, 0.4) is 0 Å². The summed E-state index contributed by atoms with van der Waals surface area (Å²) in [7, 11) is 0. The Kier molecular flexibility index (Phi) is 4.84. The number of allylic oxidation sites excluding steroid dienone is 2. The number of alkyl halides is 3. The Bertz CT molecular complexity index is 782. The van der Waals surface area contributed by atoms with Gasteiger partial charge in [-0.05, 0) is 36.5 Å². The largest absolute Gasteiger partial charge is 0.498 e. The molecule has 0 saturated heterocycles. The van der Waals surface area contributed by atoms with Gasteiger partial charge in [0, 0.05) is 24.0 Å². The van der Waals surface area contributed by atoms with Crippen molar-refractivity contribution in [3.63, 3.8) is 0 Å². The van der Waals surface area contributed by atoms with E-state index in [2.05, 4.69) is 0 Å². The summed E-state index contributed by atoms with van der Waals surface area (Å²) in [5, 5.41) is 10.6. The summed E-state index contributed by atoms with van der Waals surface area (Å²) < 4.78 is 46.8. The van der Waals surface area contributed by atoms with Crippen molar-refractivity contribution in [2.45, 2.75) is 43.9 Å². The zero-order valence-corrected chi connectivity index (χ0v) is 14.1. The van der Waals surface area contributed by atoms with E-state index in [9.17, 15) is 23.1 Å². The van der Waals surface area contributed by atoms with Gasteiger partial charge < -0.3 is 15.6 Å². The summed E-state index contributed by atoms with van der Waals surface area (Å²) >= 11 is 0. The molecule has 0 saturated carbocycles. The number of benzene rings is 1. The van der Waals surface area contributed by atoms with Gasteiger partial charge in [-0.2, -0.15) is 13.2 Å². The SMILES string of the molecule is NC(=O)CCCCOC1=CC2=C(CC1)c1ccccc1C2(O)C(F)(F)F. The van der Waals surface area contributed by atoms with Crippen LogP contribution in [0.2, 0.25) is 0 Å². The smallest absolute Gasteiger partial charge is 0.425 e. The Hall–Kier alpha value is -2.28. The summed E-state index contributed by atoms with van der Waals surface area (Å²) in [4.78, 5) is 10.7. The maximum absolute atomic E-state index is 13.8. The molecule has 0 aliphatic heterocycles. The van der Waals surface area contributed by atoms with Gasteiger partial charge in [-0.1, -0.05) is 24.3 Å². The summed E-state index contributed by atoms with van der Waals surface area (Å²) in [6.07, 6.45) is -1.28. The number of primary amides is 1. The van der Waals surface area contributed by atoms with Crippen LogP contribution in [0.15, 0.2) is 41.7 Å². The van der Waals surface area contributed by atoms with Crippen molar-refractivity contribution < 1.29 is 27.8 Å². The molecule has 1 aromatic carbocycles. The van der Waals surface area contributed by atoms with E-state index in [-0.39, 0.29) is 17.6 Å². The fourth-order valence-corrected chi connectivity index (χ4v) is 3.54. The minimum Gasteiger partial charge on any atom is -0.498 e. The van der Waals surface area contributed by atoms with Crippen LogP contribution >= 0.6 is 0 Å². The van der Waals surface area contributed by atoms with E-state index in [1.54, 1.807) is 12.1 Å². The lowest BCUT2D eigenvalue weighted by molar-refractivity contribution is -0.247. The number of rotatable bonds is 6. The number of carbonyl (C=O) groups excluding carboxylic acids is 1. The number of halogens is 3. The van der Waals surface area contributed by atoms with Crippen molar-refractivity contribution >= 4 is 11.5 Å². The van der Waals surface area contributed by atoms with Gasteiger partial charge in [0.25, 0.3) is 0 Å². The van der Waals surface area contributed by atoms with E-state index >= 15 is 0 Å². The molecule has 1 amide bonds. The predicted octanol–water partition coefficient (Wildman–Crippen LogP) is 3.55. The van der Waals surface area contributed by atoms with E-state index in [1.807, 2.05) is 0 Å². The van der Waals surface area contributed by atoms with E-state index < -0.39 is 17.7 Å². The Morgan fingerprint density at radius 3 is 2.65 bits per heavy atom. The maximum Gasteiger partial charge on any atom is 0.425 e. The van der Waals surface area contributed by atoms with Crippen LogP contribution < -0.4 is 5.73 Å². The van der Waals surface area contributed by atoms with Gasteiger partial charge >= 0.3 is 6.18 Å². The highest BCUT2D eigenvalue weighted by Gasteiger charge is 2.61. The first kappa shape index (κ1) is 18.5. The number of nitrogens with two attached hydrogens (primary N) is 1. The van der Waals surface area contributed by atoms with Gasteiger partial charge in [0.15, 0.2) is 0 Å². The standard InChI is InChI=1S/C19H20F3NO3/c20-19(21,22)18(25)15-6-2-1-5-13(15)14-9-8-12(11-16(14)18)26-10-4-3-7-17(23)24/h1-2,5-6,11,25H,3-4,7-10H2,(H2,23,24). The lowest BCUT2D eigenvalue weighted by Crippen LogP contribution is -2.42. The molecule has 2 aliphatic rings. The number of hydrogen-bond acceptors (Lipinski definition) is 3. The lowest BCUT2D eigenvalue weighted by Gasteiger charge is -2.30. The average molecular weight is 367 g/mol. The molecule has 3 N–H and O–H groups in total. The molecular weight excluding hydrogens is 347 g/mol. The van der Waals surface area contributed by atoms with Gasteiger partial charge in [-0.15, -0.1) is 0 Å². The predicted molar refractivity (Wildman–Crippen MR) is 89.6 cm³/mol. The second kappa shape index (κ2) is 6.79. The highest BCUT2D eigenvalue weighted by molar-refractivity contribution is 5.83. The summed E-state index contributed by atoms with van der Waals surface area (Å²) in [6.45, 7) is 0.291. The molecule has 1 unspecified atom stereocenters. The fraction of sp³-hybridized carbons (Fsp3) is 0.421. The molecule has 0 aromatic heterocycles. The number of carbonyl (C=O) groups is 1. The third-order valence-corrected chi connectivity index (χ3v) is 4.80. The zero-order chi connectivity index (χ0) is 18.9. The molecule has 4 nitrogen and oxygen atoms in total. The number of amides is 1. The van der Waals surface area contributed by atoms with Crippen molar-refractivity contribution in [1.82, 2.24) is 0 Å². The van der Waals surface area contributed by atoms with Gasteiger partial charge in [0.05, 0.1) is 12.4 Å². The van der Waals surface area contributed by atoms with Crippen LogP contribution in [0.25, 0.3) is 5.57 Å². The molecule has 0 bridgehead atoms. The van der Waals surface area contributed by atoms with Crippen molar-refractivity contribution in [3.8, 4) is 0 Å². The Balaban J connectivity index is 1.83. The average Bonchev–Trinajstić information content (AvgIpc) is 2.85. The fourth-order valence-electron chi connectivity index (χ4n) is 3.54. The monoisotopic (exact) mass is 367 g/mol. The van der Waals surface area contributed by atoms with Crippen LogP contribution in [0.5, 0.6) is 0 Å². The van der Waals surface area contributed by atoms with Crippen molar-refractivity contribution in [2.24, 2.45) is 5.73 Å². The van der Waals surface area contributed by atoms with Crippen LogP contribution in [0.1, 0.15) is 43.2 Å². The first-order valence-corrected chi connectivity index (χ1v) is 8.49. The third kappa shape index (κ3) is 3.11. The minimum absolute atomic E-state index is 0.128. The molecule has 0 radical (unpaired) electrons. The second-order valence-electron chi connectivity index (χ2n) is 6.53. The van der Waals surface area contributed by atoms with Crippen LogP contribution in [-0.2, 0) is 15.1 Å². The molecular formula is C19H20F3NO3. The molecule has 0 spiro atoms. The first-order chi connectivity index (χ1) is 12.2. The van der Waals surface area contributed by atoms with Gasteiger partial charge in [0.1, 0.15) is 0 Å². The Labute approximate surface area is 149 Å². The third-order valence-electron chi connectivity index (χ3n) is 4.80. The molecule has 140 valence electrons. The van der Waals surface area contributed by atoms with Crippen LogP contribution in [0.4, 0.5) is 13.2 Å². The summed E-state index contributed by atoms with van der Waals surface area (Å²) in [6, 6.07) is 6.09. The summed E-state index contributed by atoms with van der Waals surface area (Å²) in [5.74, 6) is 0.0222. The quantitative estimate of drug-likeness (QED) is 0.755. The van der Waals surface area contributed by atoms with E-state index in [0.717, 1.165) is 0 Å². The Morgan fingerprint density at radius 2 is 1.96 bits per heavy atom. The number of hydrogen-bond donors (Lipinski definition) is 2. The Morgan fingerprint density at radius 1 is 1.23 bits per heavy atom. The van der Waals surface area contributed by atoms with E-state index in [0.29, 0.717) is 49.2 Å². The van der Waals surface area contributed by atoms with Gasteiger partial charge in [-0.3, -0.25) is 4.79 Å². The number of ether oxygens (including phenoxy) is 1. The highest BCUT2D eigenvalue weighted by Crippen LogP contribution is 2.56. The van der Waals surface area contributed by atoms with Crippen molar-refractivity contribution in [2.75, 3.05) is 6.61 Å². The molecule has 0 heterocycles. The van der Waals surface area contributed by atoms with E-state index in [1.165, 1.54) is 18.2 Å². The van der Waals surface area contributed by atoms with Crippen molar-refractivity contribution in [3.05, 3.63) is 52.8 Å². The van der Waals surface area contributed by atoms with E-state index in [4.69, 9.17) is 10.5 Å². The minimum atomic E-state index is -4.83. The van der Waals surface area contributed by atoms with Gasteiger partial charge in [0.2, 0.25) is 11.5 Å². The summed E-state index contributed by atoms with van der Waals surface area (Å²) in [5.41, 5.74) is 2.72. The highest BCUT2D eigenvalue weighted by atomic mass is 19.4. The lowest BCUT2D eigenvalue weighted by atomic mass is 9.87. The van der Waals surface area contributed by atoms with Crippen LogP contribution in [-0.4, -0.2) is 23.8 Å². The normalized spacial score (nSPS) is 21.9. The molecule has 7 heteroatoms. The molecule has 26 heavy (non-hydrogen) atoms. The van der Waals surface area contributed by atoms with Crippen molar-refractivity contribution in [1.29, 1.82) is 0 Å². The molecule has 2 aliphatic carbocycles.